The summed E-state index contributed by atoms with van der Waals surface area (Å²) in [5.74, 6) is 0.130. The molecule has 0 aliphatic carbocycles. The summed E-state index contributed by atoms with van der Waals surface area (Å²) in [6, 6.07) is 21.1. The normalized spacial score (nSPS) is 11.8. The van der Waals surface area contributed by atoms with Crippen molar-refractivity contribution < 1.29 is 9.59 Å². The Morgan fingerprint density at radius 3 is 2.15 bits per heavy atom. The van der Waals surface area contributed by atoms with Gasteiger partial charge in [0.2, 0.25) is 0 Å². The molecule has 2 amide bonds. The Morgan fingerprint density at radius 2 is 1.53 bits per heavy atom. The molecule has 178 valence electrons. The van der Waals surface area contributed by atoms with Crippen molar-refractivity contribution >= 4 is 17.5 Å². The van der Waals surface area contributed by atoms with Crippen LogP contribution in [0, 0.1) is 19.8 Å². The molecule has 0 saturated carbocycles. The molecule has 2 N–H and O–H groups in total. The third kappa shape index (κ3) is 6.80. The average molecular weight is 457 g/mol. The van der Waals surface area contributed by atoms with Gasteiger partial charge in [0.1, 0.15) is 0 Å². The fraction of sp³-hybridized carbons (Fsp3) is 0.333. The molecule has 34 heavy (non-hydrogen) atoms. The van der Waals surface area contributed by atoms with Gasteiger partial charge in [0.05, 0.1) is 6.04 Å². The molecule has 0 spiro atoms. The Morgan fingerprint density at radius 1 is 0.853 bits per heavy atom. The maximum absolute atomic E-state index is 13.6. The fourth-order valence-electron chi connectivity index (χ4n) is 4.34. The molecule has 0 aliphatic heterocycles. The Kier molecular flexibility index (Phi) is 8.64. The summed E-state index contributed by atoms with van der Waals surface area (Å²) >= 11 is 0. The standard InChI is InChI=1S/C30H36N2O2/c1-6-10-23-13-14-26(31-29(33)24-11-8-7-9-12-24)19-27(23)30(34)32-28(15-20(2)3)25-17-21(4)16-22(5)18-25/h7-9,11-14,16-20,28H,6,10,15H2,1-5H3,(H,31,33)(H,32,34). The number of anilines is 1. The van der Waals surface area contributed by atoms with E-state index in [0.717, 1.165) is 30.4 Å². The summed E-state index contributed by atoms with van der Waals surface area (Å²) in [4.78, 5) is 26.2. The molecule has 1 unspecified atom stereocenters. The van der Waals surface area contributed by atoms with Gasteiger partial charge in [-0.1, -0.05) is 80.8 Å². The highest BCUT2D eigenvalue weighted by atomic mass is 16.2. The molecule has 0 fully saturated rings. The zero-order valence-electron chi connectivity index (χ0n) is 20.9. The zero-order chi connectivity index (χ0) is 24.7. The van der Waals surface area contributed by atoms with Crippen LogP contribution in [0.15, 0.2) is 66.7 Å². The Labute approximate surface area is 203 Å². The van der Waals surface area contributed by atoms with E-state index in [2.05, 4.69) is 63.5 Å². The van der Waals surface area contributed by atoms with Crippen LogP contribution < -0.4 is 10.6 Å². The first kappa shape index (κ1) is 25.2. The van der Waals surface area contributed by atoms with Gasteiger partial charge in [-0.25, -0.2) is 0 Å². The van der Waals surface area contributed by atoms with Gasteiger partial charge in [0, 0.05) is 16.8 Å². The van der Waals surface area contributed by atoms with Crippen molar-refractivity contribution in [2.45, 2.75) is 59.9 Å². The van der Waals surface area contributed by atoms with E-state index < -0.39 is 0 Å². The van der Waals surface area contributed by atoms with E-state index in [9.17, 15) is 9.59 Å². The summed E-state index contributed by atoms with van der Waals surface area (Å²) in [5, 5.41) is 6.23. The molecular formula is C30H36N2O2. The van der Waals surface area contributed by atoms with E-state index in [1.54, 1.807) is 18.2 Å². The van der Waals surface area contributed by atoms with Gasteiger partial charge < -0.3 is 10.6 Å². The van der Waals surface area contributed by atoms with Crippen LogP contribution in [0.25, 0.3) is 0 Å². The second-order valence-electron chi connectivity index (χ2n) is 9.52. The second-order valence-corrected chi connectivity index (χ2v) is 9.52. The number of benzene rings is 3. The summed E-state index contributed by atoms with van der Waals surface area (Å²) in [7, 11) is 0. The third-order valence-corrected chi connectivity index (χ3v) is 5.83. The molecule has 1 atom stereocenters. The van der Waals surface area contributed by atoms with Crippen molar-refractivity contribution in [1.82, 2.24) is 5.32 Å². The van der Waals surface area contributed by atoms with E-state index in [0.29, 0.717) is 22.7 Å². The van der Waals surface area contributed by atoms with Crippen molar-refractivity contribution in [3.63, 3.8) is 0 Å². The molecule has 0 aliphatic rings. The maximum atomic E-state index is 13.6. The number of rotatable bonds is 9. The minimum Gasteiger partial charge on any atom is -0.345 e. The molecule has 3 aromatic rings. The van der Waals surface area contributed by atoms with Crippen molar-refractivity contribution in [2.75, 3.05) is 5.32 Å². The van der Waals surface area contributed by atoms with Gasteiger partial charge in [-0.05, 0) is 68.0 Å². The Bertz CT molecular complexity index is 1120. The van der Waals surface area contributed by atoms with Crippen LogP contribution in [0.4, 0.5) is 5.69 Å². The smallest absolute Gasteiger partial charge is 0.255 e. The minimum absolute atomic E-state index is 0.0804. The monoisotopic (exact) mass is 456 g/mol. The van der Waals surface area contributed by atoms with Crippen molar-refractivity contribution in [3.8, 4) is 0 Å². The lowest BCUT2D eigenvalue weighted by Gasteiger charge is -2.23. The molecular weight excluding hydrogens is 420 g/mol. The molecule has 0 bridgehead atoms. The van der Waals surface area contributed by atoms with Gasteiger partial charge in [0.15, 0.2) is 0 Å². The Hall–Kier alpha value is -3.40. The lowest BCUT2D eigenvalue weighted by atomic mass is 9.93. The van der Waals surface area contributed by atoms with E-state index in [1.165, 1.54) is 11.1 Å². The number of carbonyl (C=O) groups excluding carboxylic acids is 2. The zero-order valence-corrected chi connectivity index (χ0v) is 20.9. The first-order valence-corrected chi connectivity index (χ1v) is 12.1. The predicted molar refractivity (Wildman–Crippen MR) is 140 cm³/mol. The van der Waals surface area contributed by atoms with E-state index in [-0.39, 0.29) is 17.9 Å². The summed E-state index contributed by atoms with van der Waals surface area (Å²) in [6.45, 7) is 10.6. The van der Waals surface area contributed by atoms with Gasteiger partial charge in [0.25, 0.3) is 11.8 Å². The summed E-state index contributed by atoms with van der Waals surface area (Å²) in [6.07, 6.45) is 2.58. The topological polar surface area (TPSA) is 58.2 Å². The van der Waals surface area contributed by atoms with Crippen LogP contribution in [0.1, 0.15) is 82.6 Å². The van der Waals surface area contributed by atoms with Crippen LogP contribution in [-0.4, -0.2) is 11.8 Å². The lowest BCUT2D eigenvalue weighted by molar-refractivity contribution is 0.0929. The van der Waals surface area contributed by atoms with Crippen molar-refractivity contribution in [1.29, 1.82) is 0 Å². The molecule has 0 aromatic heterocycles. The number of amides is 2. The highest BCUT2D eigenvalue weighted by molar-refractivity contribution is 6.05. The first-order valence-electron chi connectivity index (χ1n) is 12.1. The van der Waals surface area contributed by atoms with Crippen LogP contribution >= 0.6 is 0 Å². The Balaban J connectivity index is 1.89. The molecule has 0 radical (unpaired) electrons. The number of hydrogen-bond acceptors (Lipinski definition) is 2. The van der Waals surface area contributed by atoms with Gasteiger partial charge >= 0.3 is 0 Å². The quantitative estimate of drug-likeness (QED) is 0.363. The molecule has 3 rings (SSSR count). The average Bonchev–Trinajstić information content (AvgIpc) is 2.79. The first-order chi connectivity index (χ1) is 16.3. The lowest BCUT2D eigenvalue weighted by Crippen LogP contribution is -2.30. The van der Waals surface area contributed by atoms with E-state index in [4.69, 9.17) is 0 Å². The number of carbonyl (C=O) groups is 2. The molecule has 3 aromatic carbocycles. The summed E-state index contributed by atoms with van der Waals surface area (Å²) < 4.78 is 0. The number of aryl methyl sites for hydroxylation is 3. The van der Waals surface area contributed by atoms with Crippen molar-refractivity contribution in [3.05, 3.63) is 100 Å². The van der Waals surface area contributed by atoms with Crippen molar-refractivity contribution in [2.24, 2.45) is 5.92 Å². The van der Waals surface area contributed by atoms with Gasteiger partial charge in [-0.2, -0.15) is 0 Å². The van der Waals surface area contributed by atoms with Crippen LogP contribution in [0.5, 0.6) is 0 Å². The highest BCUT2D eigenvalue weighted by Crippen LogP contribution is 2.26. The maximum Gasteiger partial charge on any atom is 0.255 e. The van der Waals surface area contributed by atoms with E-state index >= 15 is 0 Å². The highest BCUT2D eigenvalue weighted by Gasteiger charge is 2.20. The predicted octanol–water partition coefficient (Wildman–Crippen LogP) is 7.03. The molecule has 4 nitrogen and oxygen atoms in total. The van der Waals surface area contributed by atoms with Gasteiger partial charge in [-0.15, -0.1) is 0 Å². The molecule has 0 saturated heterocycles. The second kappa shape index (κ2) is 11.6. The third-order valence-electron chi connectivity index (χ3n) is 5.83. The van der Waals surface area contributed by atoms with E-state index in [1.807, 2.05) is 30.3 Å². The largest absolute Gasteiger partial charge is 0.345 e. The summed E-state index contributed by atoms with van der Waals surface area (Å²) in [5.41, 5.74) is 6.31. The van der Waals surface area contributed by atoms with Crippen LogP contribution in [0.2, 0.25) is 0 Å². The fourth-order valence-corrected chi connectivity index (χ4v) is 4.34. The SMILES string of the molecule is CCCc1ccc(NC(=O)c2ccccc2)cc1C(=O)NC(CC(C)C)c1cc(C)cc(C)c1. The number of nitrogens with one attached hydrogen (secondary N) is 2. The minimum atomic E-state index is -0.192. The molecule has 4 heteroatoms. The van der Waals surface area contributed by atoms with Crippen LogP contribution in [-0.2, 0) is 6.42 Å². The number of hydrogen-bond donors (Lipinski definition) is 2. The molecule has 0 heterocycles. The van der Waals surface area contributed by atoms with Crippen LogP contribution in [0.3, 0.4) is 0 Å². The van der Waals surface area contributed by atoms with Gasteiger partial charge in [-0.3, -0.25) is 9.59 Å².